The molecule has 3 rings (SSSR count). The lowest BCUT2D eigenvalue weighted by Gasteiger charge is -2.04. The summed E-state index contributed by atoms with van der Waals surface area (Å²) in [5, 5.41) is 0. The van der Waals surface area contributed by atoms with Crippen LogP contribution in [0, 0.1) is 0 Å². The fourth-order valence-electron chi connectivity index (χ4n) is 1.76. The molecule has 2 heteroatoms. The lowest BCUT2D eigenvalue weighted by atomic mass is 10.0. The second-order valence-electron chi connectivity index (χ2n) is 4.08. The second-order valence-corrected chi connectivity index (χ2v) is 4.08. The van der Waals surface area contributed by atoms with E-state index in [1.54, 1.807) is 0 Å². The van der Waals surface area contributed by atoms with Gasteiger partial charge in [-0.2, -0.15) is 0 Å². The van der Waals surface area contributed by atoms with Gasteiger partial charge in [0.1, 0.15) is 0 Å². The van der Waals surface area contributed by atoms with Crippen molar-refractivity contribution in [3.63, 3.8) is 0 Å². The topological polar surface area (TPSA) is 34.1 Å². The molecule has 0 aromatic heterocycles. The van der Waals surface area contributed by atoms with Gasteiger partial charge in [0, 0.05) is 12.8 Å². The van der Waals surface area contributed by atoms with Crippen LogP contribution in [0.5, 0.6) is 0 Å². The molecule has 0 amide bonds. The Balaban J connectivity index is 2.22. The Morgan fingerprint density at radius 1 is 0.625 bits per heavy atom. The van der Waals surface area contributed by atoms with Crippen molar-refractivity contribution in [2.24, 2.45) is 0 Å². The van der Waals surface area contributed by atoms with E-state index >= 15 is 0 Å². The molecule has 16 heavy (non-hydrogen) atoms. The molecule has 0 saturated carbocycles. The summed E-state index contributed by atoms with van der Waals surface area (Å²) in [4.78, 5) is 22.8. The van der Waals surface area contributed by atoms with E-state index in [0.717, 1.165) is 12.8 Å². The molecule has 2 aliphatic carbocycles. The van der Waals surface area contributed by atoms with Crippen LogP contribution in [0.4, 0.5) is 0 Å². The predicted molar refractivity (Wildman–Crippen MR) is 62.2 cm³/mol. The summed E-state index contributed by atoms with van der Waals surface area (Å²) in [6, 6.07) is 8.16. The molecule has 0 fully saturated rings. The third-order valence-electron chi connectivity index (χ3n) is 2.80. The minimum absolute atomic E-state index is 0.0259. The molecule has 0 heterocycles. The van der Waals surface area contributed by atoms with Crippen molar-refractivity contribution in [1.82, 2.24) is 0 Å². The number of aryl methyl sites for hydroxylation is 2. The highest BCUT2D eigenvalue weighted by atomic mass is 16.1. The van der Waals surface area contributed by atoms with Gasteiger partial charge in [0.25, 0.3) is 0 Å². The van der Waals surface area contributed by atoms with Crippen LogP contribution in [0.15, 0.2) is 36.4 Å². The molecule has 0 aliphatic heterocycles. The zero-order valence-electron chi connectivity index (χ0n) is 9.11. The zero-order chi connectivity index (χ0) is 11.4. The Labute approximate surface area is 95.0 Å². The van der Waals surface area contributed by atoms with Crippen LogP contribution >= 0.6 is 0 Å². The Morgan fingerprint density at radius 2 is 1.00 bits per heavy atom. The Morgan fingerprint density at radius 3 is 1.38 bits per heavy atom. The number of benzene rings is 1. The first-order chi connectivity index (χ1) is 7.74. The van der Waals surface area contributed by atoms with Gasteiger partial charge in [0.15, 0.2) is 11.6 Å². The summed E-state index contributed by atoms with van der Waals surface area (Å²) in [7, 11) is 0. The van der Waals surface area contributed by atoms with Crippen LogP contribution in [-0.4, -0.2) is 11.6 Å². The Bertz CT molecular complexity index is 386. The number of hydrogen-bond acceptors (Lipinski definition) is 2. The molecule has 0 N–H and O–H groups in total. The van der Waals surface area contributed by atoms with Gasteiger partial charge >= 0.3 is 0 Å². The van der Waals surface area contributed by atoms with Crippen LogP contribution in [0.2, 0.25) is 0 Å². The van der Waals surface area contributed by atoms with Crippen molar-refractivity contribution in [2.75, 3.05) is 0 Å². The lowest BCUT2D eigenvalue weighted by Crippen LogP contribution is -2.02. The van der Waals surface area contributed by atoms with Gasteiger partial charge in [-0.25, -0.2) is 0 Å². The van der Waals surface area contributed by atoms with E-state index in [1.807, 2.05) is 24.3 Å². The summed E-state index contributed by atoms with van der Waals surface area (Å²) in [5.41, 5.74) is 2.36. The minimum Gasteiger partial charge on any atom is -0.295 e. The molecule has 0 saturated heterocycles. The first-order valence-electron chi connectivity index (χ1n) is 5.55. The molecule has 1 aromatic carbocycles. The maximum atomic E-state index is 11.4. The van der Waals surface area contributed by atoms with Crippen molar-refractivity contribution in [1.29, 1.82) is 0 Å². The Kier molecular flexibility index (Phi) is 3.30. The summed E-state index contributed by atoms with van der Waals surface area (Å²) in [6.45, 7) is 0. The molecule has 2 bridgehead atoms. The van der Waals surface area contributed by atoms with Crippen LogP contribution < -0.4 is 0 Å². The van der Waals surface area contributed by atoms with Gasteiger partial charge in [-0.3, -0.25) is 9.59 Å². The molecule has 1 aromatic rings. The van der Waals surface area contributed by atoms with E-state index in [1.165, 1.54) is 23.3 Å². The third-order valence-corrected chi connectivity index (χ3v) is 2.80. The van der Waals surface area contributed by atoms with Gasteiger partial charge < -0.3 is 0 Å². The molecule has 2 nitrogen and oxygen atoms in total. The van der Waals surface area contributed by atoms with Crippen molar-refractivity contribution >= 4 is 11.6 Å². The standard InChI is InChI=1S/C14H14O2/c15-13-7-5-11-1-2-12(4-3-11)6-8-14(16)10-9-13/h1-4,9-10H,5-8H2/b10-9-. The highest BCUT2D eigenvalue weighted by molar-refractivity contribution is 5.98. The van der Waals surface area contributed by atoms with E-state index in [9.17, 15) is 9.59 Å². The van der Waals surface area contributed by atoms with Crippen molar-refractivity contribution in [3.8, 4) is 0 Å². The molecular formula is C14H14O2. The maximum Gasteiger partial charge on any atom is 0.156 e. The predicted octanol–water partition coefficient (Wildman–Crippen LogP) is 2.26. The summed E-state index contributed by atoms with van der Waals surface area (Å²) >= 11 is 0. The average molecular weight is 214 g/mol. The van der Waals surface area contributed by atoms with Gasteiger partial charge in [-0.1, -0.05) is 24.3 Å². The molecule has 82 valence electrons. The van der Waals surface area contributed by atoms with E-state index < -0.39 is 0 Å². The van der Waals surface area contributed by atoms with Crippen LogP contribution in [0.3, 0.4) is 0 Å². The summed E-state index contributed by atoms with van der Waals surface area (Å²) in [5.74, 6) is 0.0519. The highest BCUT2D eigenvalue weighted by Gasteiger charge is 2.04. The molecule has 0 spiro atoms. The van der Waals surface area contributed by atoms with E-state index in [0.29, 0.717) is 12.8 Å². The summed E-state index contributed by atoms with van der Waals surface area (Å²) < 4.78 is 0. The number of carbonyl (C=O) groups is 2. The molecule has 0 atom stereocenters. The van der Waals surface area contributed by atoms with Crippen LogP contribution in [0.1, 0.15) is 24.0 Å². The van der Waals surface area contributed by atoms with E-state index in [4.69, 9.17) is 0 Å². The number of allylic oxidation sites excluding steroid dienone is 2. The zero-order valence-corrected chi connectivity index (χ0v) is 9.11. The maximum absolute atomic E-state index is 11.4. The fourth-order valence-corrected chi connectivity index (χ4v) is 1.76. The number of fused-ring (bicyclic) bond motifs is 8. The number of carbonyl (C=O) groups excluding carboxylic acids is 2. The SMILES string of the molecule is O=C1/C=C\C(=O)CCc2ccc(cc2)CC1. The minimum atomic E-state index is 0.0259. The van der Waals surface area contributed by atoms with E-state index in [-0.39, 0.29) is 11.6 Å². The molecule has 2 aliphatic rings. The number of ketones is 2. The third kappa shape index (κ3) is 2.89. The van der Waals surface area contributed by atoms with Crippen molar-refractivity contribution in [2.45, 2.75) is 25.7 Å². The highest BCUT2D eigenvalue weighted by Crippen LogP contribution is 2.10. The van der Waals surface area contributed by atoms with Crippen LogP contribution in [0.25, 0.3) is 0 Å². The average Bonchev–Trinajstić information content (AvgIpc) is 2.31. The van der Waals surface area contributed by atoms with Crippen molar-refractivity contribution in [3.05, 3.63) is 47.5 Å². The number of hydrogen-bond donors (Lipinski definition) is 0. The van der Waals surface area contributed by atoms with Crippen LogP contribution in [-0.2, 0) is 22.4 Å². The monoisotopic (exact) mass is 214 g/mol. The normalized spacial score (nSPS) is 19.0. The van der Waals surface area contributed by atoms with Gasteiger partial charge in [0.05, 0.1) is 0 Å². The molecular weight excluding hydrogens is 200 g/mol. The smallest absolute Gasteiger partial charge is 0.156 e. The largest absolute Gasteiger partial charge is 0.295 e. The first-order valence-corrected chi connectivity index (χ1v) is 5.55. The summed E-state index contributed by atoms with van der Waals surface area (Å²) in [6.07, 6.45) is 5.27. The van der Waals surface area contributed by atoms with E-state index in [2.05, 4.69) is 0 Å². The number of rotatable bonds is 0. The van der Waals surface area contributed by atoms with Gasteiger partial charge in [-0.15, -0.1) is 0 Å². The van der Waals surface area contributed by atoms with Crippen molar-refractivity contribution < 1.29 is 9.59 Å². The van der Waals surface area contributed by atoms with Gasteiger partial charge in [0.2, 0.25) is 0 Å². The molecule has 0 unspecified atom stereocenters. The lowest BCUT2D eigenvalue weighted by molar-refractivity contribution is -0.116. The van der Waals surface area contributed by atoms with Gasteiger partial charge in [-0.05, 0) is 36.1 Å². The second kappa shape index (κ2) is 4.88. The first kappa shape index (κ1) is 10.8. The quantitative estimate of drug-likeness (QED) is 0.663. The Hall–Kier alpha value is -1.70. The molecule has 0 radical (unpaired) electrons. The fraction of sp³-hybridized carbons (Fsp3) is 0.286.